The van der Waals surface area contributed by atoms with Gasteiger partial charge in [0.2, 0.25) is 0 Å². The summed E-state index contributed by atoms with van der Waals surface area (Å²) in [7, 11) is 1.77. The highest BCUT2D eigenvalue weighted by molar-refractivity contribution is 6.35. The average Bonchev–Trinajstić information content (AvgIpc) is 2.42. The second kappa shape index (κ2) is 7.07. The average molecular weight is 332 g/mol. The highest BCUT2D eigenvalue weighted by Gasteiger charge is 2.13. The number of hydrogen-bond acceptors (Lipinski definition) is 2. The Kier molecular flexibility index (Phi) is 5.39. The number of benzene rings is 2. The van der Waals surface area contributed by atoms with Crippen molar-refractivity contribution in [2.45, 2.75) is 13.2 Å². The molecule has 1 N–H and O–H groups in total. The van der Waals surface area contributed by atoms with E-state index in [-0.39, 0.29) is 12.2 Å². The van der Waals surface area contributed by atoms with Gasteiger partial charge in [-0.25, -0.2) is 8.78 Å². The van der Waals surface area contributed by atoms with Crippen molar-refractivity contribution < 1.29 is 13.5 Å². The molecule has 0 aliphatic heterocycles. The molecule has 0 radical (unpaired) electrons. The van der Waals surface area contributed by atoms with E-state index < -0.39 is 11.6 Å². The Labute approximate surface area is 131 Å². The van der Waals surface area contributed by atoms with Crippen LogP contribution in [0.4, 0.5) is 8.78 Å². The van der Waals surface area contributed by atoms with Crippen molar-refractivity contribution in [1.29, 1.82) is 0 Å². The Morgan fingerprint density at radius 1 is 1.14 bits per heavy atom. The zero-order chi connectivity index (χ0) is 15.4. The zero-order valence-electron chi connectivity index (χ0n) is 11.2. The molecule has 0 spiro atoms. The summed E-state index contributed by atoms with van der Waals surface area (Å²) in [5.41, 5.74) is 0.864. The van der Waals surface area contributed by atoms with Gasteiger partial charge in [0.15, 0.2) is 11.6 Å². The fraction of sp³-hybridized carbons (Fsp3) is 0.200. The maximum Gasteiger partial charge on any atom is 0.165 e. The minimum atomic E-state index is -0.919. The summed E-state index contributed by atoms with van der Waals surface area (Å²) in [6.45, 7) is 0.364. The molecular weight excluding hydrogens is 319 g/mol. The van der Waals surface area contributed by atoms with Gasteiger partial charge in [-0.2, -0.15) is 0 Å². The first-order chi connectivity index (χ1) is 10.0. The molecule has 112 valence electrons. The molecule has 2 aromatic carbocycles. The molecule has 6 heteroatoms. The third kappa shape index (κ3) is 3.84. The Bertz CT molecular complexity index is 650. The van der Waals surface area contributed by atoms with Gasteiger partial charge in [0.1, 0.15) is 12.4 Å². The Hall–Kier alpha value is -1.36. The van der Waals surface area contributed by atoms with Crippen molar-refractivity contribution >= 4 is 23.2 Å². The number of rotatable bonds is 5. The molecule has 0 amide bonds. The number of hydrogen-bond donors (Lipinski definition) is 1. The molecule has 0 saturated carbocycles. The first-order valence-corrected chi connectivity index (χ1v) is 6.96. The van der Waals surface area contributed by atoms with Gasteiger partial charge in [0, 0.05) is 22.7 Å². The lowest BCUT2D eigenvalue weighted by atomic mass is 10.2. The third-order valence-electron chi connectivity index (χ3n) is 2.86. The van der Waals surface area contributed by atoms with Crippen LogP contribution in [0.25, 0.3) is 0 Å². The topological polar surface area (TPSA) is 21.3 Å². The maximum absolute atomic E-state index is 13.6. The summed E-state index contributed by atoms with van der Waals surface area (Å²) in [5, 5.41) is 3.77. The van der Waals surface area contributed by atoms with Crippen LogP contribution >= 0.6 is 23.2 Å². The molecule has 0 heterocycles. The van der Waals surface area contributed by atoms with Crippen LogP contribution in [0.5, 0.6) is 5.75 Å². The predicted molar refractivity (Wildman–Crippen MR) is 79.9 cm³/mol. The monoisotopic (exact) mass is 331 g/mol. The minimum Gasteiger partial charge on any atom is -0.487 e. The van der Waals surface area contributed by atoms with Crippen molar-refractivity contribution in [2.24, 2.45) is 0 Å². The van der Waals surface area contributed by atoms with Gasteiger partial charge >= 0.3 is 0 Å². The zero-order valence-corrected chi connectivity index (χ0v) is 12.7. The van der Waals surface area contributed by atoms with Crippen molar-refractivity contribution in [2.75, 3.05) is 7.05 Å². The van der Waals surface area contributed by atoms with Crippen molar-refractivity contribution in [3.8, 4) is 5.75 Å². The van der Waals surface area contributed by atoms with Gasteiger partial charge in [0.25, 0.3) is 0 Å². The normalized spacial score (nSPS) is 10.7. The molecule has 0 fully saturated rings. The molecule has 0 saturated heterocycles. The van der Waals surface area contributed by atoms with E-state index >= 15 is 0 Å². The van der Waals surface area contributed by atoms with Crippen LogP contribution in [0, 0.1) is 11.6 Å². The van der Waals surface area contributed by atoms with E-state index in [1.54, 1.807) is 19.2 Å². The van der Waals surface area contributed by atoms with E-state index in [0.717, 1.165) is 11.6 Å². The van der Waals surface area contributed by atoms with Crippen LogP contribution < -0.4 is 10.1 Å². The van der Waals surface area contributed by atoms with E-state index in [0.29, 0.717) is 22.3 Å². The number of nitrogens with one attached hydrogen (secondary N) is 1. The molecular formula is C15H13Cl2F2NO. The van der Waals surface area contributed by atoms with Crippen LogP contribution in [0.2, 0.25) is 10.0 Å². The molecule has 0 aliphatic rings. The first kappa shape index (κ1) is 16.0. The molecule has 0 bridgehead atoms. The van der Waals surface area contributed by atoms with E-state index in [1.165, 1.54) is 12.1 Å². The Morgan fingerprint density at radius 2 is 1.90 bits per heavy atom. The molecule has 2 aromatic rings. The smallest absolute Gasteiger partial charge is 0.165 e. The molecule has 0 unspecified atom stereocenters. The van der Waals surface area contributed by atoms with Crippen molar-refractivity contribution in [3.05, 3.63) is 63.1 Å². The molecule has 0 aromatic heterocycles. The molecule has 2 nitrogen and oxygen atoms in total. The van der Waals surface area contributed by atoms with Crippen LogP contribution in [0.3, 0.4) is 0 Å². The highest BCUT2D eigenvalue weighted by atomic mass is 35.5. The van der Waals surface area contributed by atoms with Gasteiger partial charge in [0.05, 0.1) is 5.02 Å². The fourth-order valence-electron chi connectivity index (χ4n) is 1.91. The third-order valence-corrected chi connectivity index (χ3v) is 3.36. The van der Waals surface area contributed by atoms with Gasteiger partial charge in [-0.3, -0.25) is 0 Å². The van der Waals surface area contributed by atoms with Gasteiger partial charge in [-0.05, 0) is 25.2 Å². The lowest BCUT2D eigenvalue weighted by molar-refractivity contribution is 0.294. The van der Waals surface area contributed by atoms with E-state index in [4.69, 9.17) is 27.9 Å². The predicted octanol–water partition coefficient (Wildman–Crippen LogP) is 4.57. The van der Waals surface area contributed by atoms with Crippen LogP contribution in [0.15, 0.2) is 30.3 Å². The number of halogens is 4. The fourth-order valence-corrected chi connectivity index (χ4v) is 2.50. The quantitative estimate of drug-likeness (QED) is 0.866. The van der Waals surface area contributed by atoms with Crippen molar-refractivity contribution in [3.63, 3.8) is 0 Å². The highest BCUT2D eigenvalue weighted by Crippen LogP contribution is 2.33. The van der Waals surface area contributed by atoms with E-state index in [1.807, 2.05) is 0 Å². The van der Waals surface area contributed by atoms with E-state index in [9.17, 15) is 8.78 Å². The SMILES string of the molecule is CNCc1cc(Cl)cc(Cl)c1OCc1cccc(F)c1F. The largest absolute Gasteiger partial charge is 0.487 e. The summed E-state index contributed by atoms with van der Waals surface area (Å²) in [5.74, 6) is -1.43. The minimum absolute atomic E-state index is 0.122. The second-order valence-electron chi connectivity index (χ2n) is 4.41. The molecule has 0 atom stereocenters. The Morgan fingerprint density at radius 3 is 2.62 bits per heavy atom. The van der Waals surface area contributed by atoms with Gasteiger partial charge in [-0.15, -0.1) is 0 Å². The summed E-state index contributed by atoms with van der Waals surface area (Å²) < 4.78 is 32.3. The molecule has 0 aliphatic carbocycles. The number of ether oxygens (including phenoxy) is 1. The molecule has 2 rings (SSSR count). The van der Waals surface area contributed by atoms with Crippen molar-refractivity contribution in [1.82, 2.24) is 5.32 Å². The van der Waals surface area contributed by atoms with E-state index in [2.05, 4.69) is 5.32 Å². The van der Waals surface area contributed by atoms with Crippen LogP contribution in [-0.4, -0.2) is 7.05 Å². The molecule has 21 heavy (non-hydrogen) atoms. The summed E-state index contributed by atoms with van der Waals surface area (Å²) in [6.07, 6.45) is 0. The Balaban J connectivity index is 2.25. The standard InChI is InChI=1S/C15H13Cl2F2NO/c1-20-7-10-5-11(16)6-12(17)15(10)21-8-9-3-2-4-13(18)14(9)19/h2-6,20H,7-8H2,1H3. The summed E-state index contributed by atoms with van der Waals surface area (Å²) >= 11 is 12.0. The van der Waals surface area contributed by atoms with Gasteiger partial charge in [-0.1, -0.05) is 35.3 Å². The second-order valence-corrected chi connectivity index (χ2v) is 5.25. The maximum atomic E-state index is 13.6. The van der Waals surface area contributed by atoms with Crippen LogP contribution in [-0.2, 0) is 13.2 Å². The van der Waals surface area contributed by atoms with Gasteiger partial charge < -0.3 is 10.1 Å². The summed E-state index contributed by atoms with van der Waals surface area (Å²) in [4.78, 5) is 0. The van der Waals surface area contributed by atoms with Crippen LogP contribution in [0.1, 0.15) is 11.1 Å². The lowest BCUT2D eigenvalue weighted by Crippen LogP contribution is -2.08. The summed E-state index contributed by atoms with van der Waals surface area (Å²) in [6, 6.07) is 7.19. The first-order valence-electron chi connectivity index (χ1n) is 6.21. The lowest BCUT2D eigenvalue weighted by Gasteiger charge is -2.14.